The van der Waals surface area contributed by atoms with Gasteiger partial charge >= 0.3 is 5.69 Å². The van der Waals surface area contributed by atoms with Gasteiger partial charge in [-0.25, -0.2) is 18.9 Å². The molecule has 7 heteroatoms. The number of nitrogens with zero attached hydrogens (tertiary/aromatic N) is 3. The Kier molecular flexibility index (Phi) is 3.17. The van der Waals surface area contributed by atoms with Crippen molar-refractivity contribution in [3.8, 4) is 5.69 Å². The third-order valence-electron chi connectivity index (χ3n) is 3.27. The molecule has 0 aliphatic rings. The minimum absolute atomic E-state index is 0.190. The minimum atomic E-state index is -0.407. The summed E-state index contributed by atoms with van der Waals surface area (Å²) in [6, 6.07) is 6.39. The maximum Gasteiger partial charge on any atom is 0.348 e. The number of halogens is 1. The smallest absolute Gasteiger partial charge is 0.348 e. The molecule has 0 aliphatic carbocycles. The average molecular weight is 288 g/mol. The van der Waals surface area contributed by atoms with E-state index in [9.17, 15) is 9.18 Å². The van der Waals surface area contributed by atoms with Crippen LogP contribution in [0.3, 0.4) is 0 Å². The molecule has 0 aliphatic heterocycles. The summed E-state index contributed by atoms with van der Waals surface area (Å²) in [4.78, 5) is 12.0. The number of nitrogens with one attached hydrogen (secondary N) is 1. The van der Waals surface area contributed by atoms with Gasteiger partial charge in [-0.15, -0.1) is 0 Å². The van der Waals surface area contributed by atoms with E-state index in [1.807, 2.05) is 0 Å². The molecular formula is C14H13FN4O2. The molecule has 2 aromatic heterocycles. The van der Waals surface area contributed by atoms with Crippen LogP contribution in [0.5, 0.6) is 0 Å². The Morgan fingerprint density at radius 2 is 2.10 bits per heavy atom. The van der Waals surface area contributed by atoms with Gasteiger partial charge in [0.05, 0.1) is 0 Å². The number of aromatic amines is 1. The molecule has 0 bridgehead atoms. The summed E-state index contributed by atoms with van der Waals surface area (Å²) in [5.41, 5.74) is 1.17. The second kappa shape index (κ2) is 5.01. The molecule has 21 heavy (non-hydrogen) atoms. The molecular weight excluding hydrogens is 275 g/mol. The maximum absolute atomic E-state index is 13.8. The quantitative estimate of drug-likeness (QED) is 0.798. The van der Waals surface area contributed by atoms with Crippen LogP contribution in [0.15, 0.2) is 33.6 Å². The Hall–Kier alpha value is -2.70. The number of aryl methyl sites for hydroxylation is 2. The summed E-state index contributed by atoms with van der Waals surface area (Å²) in [7, 11) is 0. The Balaban J connectivity index is 2.11. The van der Waals surface area contributed by atoms with Crippen LogP contribution in [0, 0.1) is 19.7 Å². The SMILES string of the molecule is Cc1noc(C)c1-n1c(Cc2ccccc2F)n[nH]c1=O. The van der Waals surface area contributed by atoms with E-state index in [1.165, 1.54) is 10.6 Å². The highest BCUT2D eigenvalue weighted by molar-refractivity contribution is 5.39. The largest absolute Gasteiger partial charge is 0.359 e. The third kappa shape index (κ3) is 2.26. The molecule has 0 saturated heterocycles. The van der Waals surface area contributed by atoms with Crippen LogP contribution in [0.25, 0.3) is 5.69 Å². The van der Waals surface area contributed by atoms with Crippen molar-refractivity contribution < 1.29 is 8.91 Å². The average Bonchev–Trinajstić information content (AvgIpc) is 2.96. The molecule has 0 saturated carbocycles. The molecule has 3 rings (SSSR count). The van der Waals surface area contributed by atoms with Crippen LogP contribution in [0.1, 0.15) is 22.8 Å². The van der Waals surface area contributed by atoms with Crippen molar-refractivity contribution in [2.45, 2.75) is 20.3 Å². The van der Waals surface area contributed by atoms with E-state index in [1.54, 1.807) is 32.0 Å². The molecule has 3 aromatic rings. The molecule has 2 heterocycles. The van der Waals surface area contributed by atoms with Crippen molar-refractivity contribution in [3.05, 3.63) is 63.4 Å². The highest BCUT2D eigenvalue weighted by atomic mass is 19.1. The fourth-order valence-electron chi connectivity index (χ4n) is 2.29. The summed E-state index contributed by atoms with van der Waals surface area (Å²) in [5, 5.41) is 10.2. The molecule has 1 aromatic carbocycles. The number of H-pyrrole nitrogens is 1. The molecule has 1 N–H and O–H groups in total. The zero-order valence-electron chi connectivity index (χ0n) is 11.6. The second-order valence-electron chi connectivity index (χ2n) is 4.72. The molecule has 0 atom stereocenters. The van der Waals surface area contributed by atoms with Gasteiger partial charge in [0.2, 0.25) is 0 Å². The number of benzene rings is 1. The fourth-order valence-corrected chi connectivity index (χ4v) is 2.29. The first-order chi connectivity index (χ1) is 10.1. The normalized spacial score (nSPS) is 11.0. The molecule has 6 nitrogen and oxygen atoms in total. The lowest BCUT2D eigenvalue weighted by molar-refractivity contribution is 0.393. The third-order valence-corrected chi connectivity index (χ3v) is 3.27. The van der Waals surface area contributed by atoms with Crippen LogP contribution in [0.4, 0.5) is 4.39 Å². The van der Waals surface area contributed by atoms with Crippen LogP contribution in [-0.4, -0.2) is 19.9 Å². The van der Waals surface area contributed by atoms with Crippen molar-refractivity contribution in [1.82, 2.24) is 19.9 Å². The standard InChI is InChI=1S/C14H13FN4O2/c1-8-13(9(2)21-18-8)19-12(16-17-14(19)20)7-10-5-3-4-6-11(10)15/h3-6H,7H2,1-2H3,(H,17,20). The highest BCUT2D eigenvalue weighted by Gasteiger charge is 2.19. The van der Waals surface area contributed by atoms with Crippen molar-refractivity contribution in [2.75, 3.05) is 0 Å². The first-order valence-electron chi connectivity index (χ1n) is 6.41. The van der Waals surface area contributed by atoms with Gasteiger partial charge in [-0.05, 0) is 25.5 Å². The Bertz CT molecular complexity index is 827. The Labute approximate surface area is 119 Å². The molecule has 0 radical (unpaired) electrons. The van der Waals surface area contributed by atoms with Crippen molar-refractivity contribution in [3.63, 3.8) is 0 Å². The molecule has 0 fully saturated rings. The molecule has 0 amide bonds. The minimum Gasteiger partial charge on any atom is -0.359 e. The van der Waals surface area contributed by atoms with Crippen LogP contribution in [-0.2, 0) is 6.42 Å². The van der Waals surface area contributed by atoms with E-state index >= 15 is 0 Å². The lowest BCUT2D eigenvalue weighted by atomic mass is 10.1. The molecule has 0 unspecified atom stereocenters. The molecule has 0 spiro atoms. The summed E-state index contributed by atoms with van der Waals surface area (Å²) in [5.74, 6) is 0.573. The lowest BCUT2D eigenvalue weighted by Gasteiger charge is -2.05. The van der Waals surface area contributed by atoms with Gasteiger partial charge < -0.3 is 4.52 Å². The Morgan fingerprint density at radius 1 is 1.33 bits per heavy atom. The fraction of sp³-hybridized carbons (Fsp3) is 0.214. The van der Waals surface area contributed by atoms with E-state index in [0.29, 0.717) is 28.5 Å². The van der Waals surface area contributed by atoms with Crippen molar-refractivity contribution in [1.29, 1.82) is 0 Å². The summed E-state index contributed by atoms with van der Waals surface area (Å²) < 4.78 is 20.2. The lowest BCUT2D eigenvalue weighted by Crippen LogP contribution is -2.18. The van der Waals surface area contributed by atoms with E-state index in [4.69, 9.17) is 4.52 Å². The molecule has 108 valence electrons. The van der Waals surface area contributed by atoms with E-state index in [-0.39, 0.29) is 12.2 Å². The van der Waals surface area contributed by atoms with Gasteiger partial charge in [-0.1, -0.05) is 23.4 Å². The summed E-state index contributed by atoms with van der Waals surface area (Å²) >= 11 is 0. The first-order valence-corrected chi connectivity index (χ1v) is 6.41. The number of rotatable bonds is 3. The summed E-state index contributed by atoms with van der Waals surface area (Å²) in [6.07, 6.45) is 0.190. The predicted molar refractivity (Wildman–Crippen MR) is 72.9 cm³/mol. The Morgan fingerprint density at radius 3 is 2.76 bits per heavy atom. The van der Waals surface area contributed by atoms with E-state index in [0.717, 1.165) is 0 Å². The highest BCUT2D eigenvalue weighted by Crippen LogP contribution is 2.19. The van der Waals surface area contributed by atoms with Crippen molar-refractivity contribution >= 4 is 0 Å². The van der Waals surface area contributed by atoms with Crippen LogP contribution in [0.2, 0.25) is 0 Å². The number of aromatic nitrogens is 4. The summed E-state index contributed by atoms with van der Waals surface area (Å²) in [6.45, 7) is 3.44. The predicted octanol–water partition coefficient (Wildman–Crippen LogP) is 1.90. The van der Waals surface area contributed by atoms with Gasteiger partial charge in [-0.2, -0.15) is 5.10 Å². The maximum atomic E-state index is 13.8. The zero-order valence-corrected chi connectivity index (χ0v) is 11.6. The topological polar surface area (TPSA) is 76.7 Å². The van der Waals surface area contributed by atoms with Gasteiger partial charge in [0.1, 0.15) is 23.0 Å². The van der Waals surface area contributed by atoms with E-state index in [2.05, 4.69) is 15.4 Å². The zero-order chi connectivity index (χ0) is 15.0. The van der Waals surface area contributed by atoms with Crippen LogP contribution < -0.4 is 5.69 Å². The first kappa shape index (κ1) is 13.3. The van der Waals surface area contributed by atoms with Crippen molar-refractivity contribution in [2.24, 2.45) is 0 Å². The van der Waals surface area contributed by atoms with Crippen LogP contribution >= 0.6 is 0 Å². The van der Waals surface area contributed by atoms with E-state index < -0.39 is 5.69 Å². The van der Waals surface area contributed by atoms with Gasteiger partial charge in [0.25, 0.3) is 0 Å². The number of hydrogen-bond acceptors (Lipinski definition) is 4. The second-order valence-corrected chi connectivity index (χ2v) is 4.72. The van der Waals surface area contributed by atoms with Gasteiger partial charge in [0.15, 0.2) is 5.76 Å². The monoisotopic (exact) mass is 288 g/mol. The van der Waals surface area contributed by atoms with Gasteiger partial charge in [0, 0.05) is 6.42 Å². The number of hydrogen-bond donors (Lipinski definition) is 1. The van der Waals surface area contributed by atoms with Gasteiger partial charge in [-0.3, -0.25) is 0 Å².